The van der Waals surface area contributed by atoms with Gasteiger partial charge < -0.3 is 9.15 Å². The van der Waals surface area contributed by atoms with Crippen molar-refractivity contribution in [2.75, 3.05) is 7.11 Å². The van der Waals surface area contributed by atoms with E-state index in [1.807, 2.05) is 22.6 Å². The fourth-order valence-electron chi connectivity index (χ4n) is 1.29. The Bertz CT molecular complexity index is 530. The molecule has 14 heavy (non-hydrogen) atoms. The van der Waals surface area contributed by atoms with Crippen molar-refractivity contribution in [2.45, 2.75) is 0 Å². The zero-order valence-corrected chi connectivity index (χ0v) is 9.57. The predicted octanol–water partition coefficient (Wildman–Crippen LogP) is 2.41. The molecule has 1 heterocycles. The number of hydrogen-bond donors (Lipinski definition) is 0. The molecule has 0 radical (unpaired) electrons. The van der Waals surface area contributed by atoms with E-state index in [1.54, 1.807) is 18.2 Å². The molecule has 0 aliphatic heterocycles. The molecule has 1 aromatic carbocycles. The van der Waals surface area contributed by atoms with E-state index in [0.29, 0.717) is 20.3 Å². The summed E-state index contributed by atoms with van der Waals surface area (Å²) in [5, 5.41) is 0.502. The maximum absolute atomic E-state index is 11.8. The van der Waals surface area contributed by atoms with Gasteiger partial charge in [-0.2, -0.15) is 0 Å². The van der Waals surface area contributed by atoms with Gasteiger partial charge in [-0.1, -0.05) is 6.07 Å². The van der Waals surface area contributed by atoms with Crippen LogP contribution in [-0.2, 0) is 0 Å². The van der Waals surface area contributed by atoms with Crippen molar-refractivity contribution in [1.82, 2.24) is 0 Å². The van der Waals surface area contributed by atoms with Crippen LogP contribution >= 0.6 is 22.6 Å². The van der Waals surface area contributed by atoms with Crippen LogP contribution < -0.4 is 10.2 Å². The molecule has 3 nitrogen and oxygen atoms in total. The minimum absolute atomic E-state index is 0.0516. The van der Waals surface area contributed by atoms with Gasteiger partial charge in [-0.25, -0.2) is 0 Å². The molecule has 0 N–H and O–H groups in total. The summed E-state index contributed by atoms with van der Waals surface area (Å²) >= 11 is 1.94. The topological polar surface area (TPSA) is 39.4 Å². The molecule has 0 aliphatic rings. The van der Waals surface area contributed by atoms with Crippen molar-refractivity contribution >= 4 is 33.6 Å². The second-order valence-electron chi connectivity index (χ2n) is 2.75. The van der Waals surface area contributed by atoms with E-state index in [4.69, 9.17) is 9.15 Å². The van der Waals surface area contributed by atoms with Crippen LogP contribution in [0.4, 0.5) is 0 Å². The molecule has 72 valence electrons. The number of rotatable bonds is 1. The van der Waals surface area contributed by atoms with Gasteiger partial charge in [0.15, 0.2) is 0 Å². The van der Waals surface area contributed by atoms with Crippen molar-refractivity contribution in [3.8, 4) is 5.75 Å². The molecule has 0 unspecified atom stereocenters. The SMILES string of the molecule is COc1cccc2occ(I)c(=O)c12. The van der Waals surface area contributed by atoms with Gasteiger partial charge in [-0.3, -0.25) is 4.79 Å². The van der Waals surface area contributed by atoms with E-state index in [2.05, 4.69) is 0 Å². The molecular formula is C10H7IO3. The third-order valence-electron chi connectivity index (χ3n) is 1.94. The lowest BCUT2D eigenvalue weighted by atomic mass is 10.2. The van der Waals surface area contributed by atoms with Crippen LogP contribution in [-0.4, -0.2) is 7.11 Å². The zero-order valence-electron chi connectivity index (χ0n) is 7.41. The van der Waals surface area contributed by atoms with Gasteiger partial charge in [0.05, 0.1) is 10.7 Å². The normalized spacial score (nSPS) is 10.4. The summed E-state index contributed by atoms with van der Waals surface area (Å²) in [5.41, 5.74) is 0.499. The van der Waals surface area contributed by atoms with Crippen LogP contribution in [0.2, 0.25) is 0 Å². The molecule has 0 aliphatic carbocycles. The molecule has 2 aromatic rings. The molecule has 0 fully saturated rings. The summed E-state index contributed by atoms with van der Waals surface area (Å²) in [4.78, 5) is 11.8. The fourth-order valence-corrected chi connectivity index (χ4v) is 1.69. The maximum Gasteiger partial charge on any atom is 0.209 e. The average molecular weight is 302 g/mol. The van der Waals surface area contributed by atoms with Gasteiger partial charge in [-0.05, 0) is 34.7 Å². The molecule has 4 heteroatoms. The average Bonchev–Trinajstić information content (AvgIpc) is 2.23. The lowest BCUT2D eigenvalue weighted by molar-refractivity contribution is 0.418. The summed E-state index contributed by atoms with van der Waals surface area (Å²) in [5.74, 6) is 0.551. The summed E-state index contributed by atoms with van der Waals surface area (Å²) in [6.45, 7) is 0. The van der Waals surface area contributed by atoms with Crippen LogP contribution in [0.25, 0.3) is 11.0 Å². The molecule has 2 rings (SSSR count). The zero-order chi connectivity index (χ0) is 10.1. The number of fused-ring (bicyclic) bond motifs is 1. The molecule has 1 aromatic heterocycles. The van der Waals surface area contributed by atoms with Crippen molar-refractivity contribution in [3.63, 3.8) is 0 Å². The van der Waals surface area contributed by atoms with E-state index >= 15 is 0 Å². The number of hydrogen-bond acceptors (Lipinski definition) is 3. The van der Waals surface area contributed by atoms with Crippen LogP contribution in [0.15, 0.2) is 33.7 Å². The van der Waals surface area contributed by atoms with Gasteiger partial charge in [0.2, 0.25) is 5.43 Å². The second-order valence-corrected chi connectivity index (χ2v) is 3.91. The van der Waals surface area contributed by atoms with Gasteiger partial charge >= 0.3 is 0 Å². The Morgan fingerprint density at radius 3 is 2.93 bits per heavy atom. The Morgan fingerprint density at radius 1 is 1.43 bits per heavy atom. The largest absolute Gasteiger partial charge is 0.496 e. The van der Waals surface area contributed by atoms with E-state index in [0.717, 1.165) is 0 Å². The second kappa shape index (κ2) is 3.61. The quantitative estimate of drug-likeness (QED) is 0.759. The Labute approximate surface area is 93.8 Å². The lowest BCUT2D eigenvalue weighted by Crippen LogP contribution is -2.05. The maximum atomic E-state index is 11.8. The minimum atomic E-state index is -0.0516. The fraction of sp³-hybridized carbons (Fsp3) is 0.100. The molecule has 0 bridgehead atoms. The molecule has 0 spiro atoms. The highest BCUT2D eigenvalue weighted by Gasteiger charge is 2.09. The first kappa shape index (κ1) is 9.51. The Balaban J connectivity index is 2.97. The molecule has 0 saturated carbocycles. The Hall–Kier alpha value is -1.04. The lowest BCUT2D eigenvalue weighted by Gasteiger charge is -2.03. The van der Waals surface area contributed by atoms with Gasteiger partial charge in [0.1, 0.15) is 23.0 Å². The predicted molar refractivity (Wildman–Crippen MR) is 61.8 cm³/mol. The van der Waals surface area contributed by atoms with Crippen molar-refractivity contribution in [2.24, 2.45) is 0 Å². The van der Waals surface area contributed by atoms with Gasteiger partial charge in [0, 0.05) is 0 Å². The highest BCUT2D eigenvalue weighted by atomic mass is 127. The standard InChI is InChI=1S/C10H7IO3/c1-13-7-3-2-4-8-9(7)10(12)6(11)5-14-8/h2-5H,1H3. The van der Waals surface area contributed by atoms with E-state index < -0.39 is 0 Å². The Kier molecular flexibility index (Phi) is 2.45. The number of benzene rings is 1. The molecule has 0 atom stereocenters. The van der Waals surface area contributed by atoms with Gasteiger partial charge in [-0.15, -0.1) is 0 Å². The smallest absolute Gasteiger partial charge is 0.209 e. The monoisotopic (exact) mass is 302 g/mol. The van der Waals surface area contributed by atoms with Crippen LogP contribution in [0.5, 0.6) is 5.75 Å². The van der Waals surface area contributed by atoms with E-state index in [-0.39, 0.29) is 5.43 Å². The summed E-state index contributed by atoms with van der Waals surface area (Å²) in [7, 11) is 1.54. The summed E-state index contributed by atoms with van der Waals surface area (Å²) < 4.78 is 10.9. The highest BCUT2D eigenvalue weighted by molar-refractivity contribution is 14.1. The number of methoxy groups -OCH3 is 1. The van der Waals surface area contributed by atoms with E-state index in [9.17, 15) is 4.79 Å². The van der Waals surface area contributed by atoms with E-state index in [1.165, 1.54) is 13.4 Å². The third-order valence-corrected chi connectivity index (χ3v) is 2.69. The van der Waals surface area contributed by atoms with Crippen molar-refractivity contribution in [3.05, 3.63) is 38.3 Å². The first-order valence-corrected chi connectivity index (χ1v) is 5.06. The molecule has 0 saturated heterocycles. The van der Waals surface area contributed by atoms with Crippen molar-refractivity contribution in [1.29, 1.82) is 0 Å². The first-order chi connectivity index (χ1) is 6.74. The molecular weight excluding hydrogens is 295 g/mol. The Morgan fingerprint density at radius 2 is 2.21 bits per heavy atom. The summed E-state index contributed by atoms with van der Waals surface area (Å²) in [6.07, 6.45) is 1.45. The van der Waals surface area contributed by atoms with Crippen molar-refractivity contribution < 1.29 is 9.15 Å². The van der Waals surface area contributed by atoms with Crippen LogP contribution in [0.1, 0.15) is 0 Å². The third kappa shape index (κ3) is 1.39. The summed E-state index contributed by atoms with van der Waals surface area (Å²) in [6, 6.07) is 5.28. The van der Waals surface area contributed by atoms with Crippen LogP contribution in [0.3, 0.4) is 0 Å². The molecule has 0 amide bonds. The number of ether oxygens (including phenoxy) is 1. The van der Waals surface area contributed by atoms with Crippen LogP contribution in [0, 0.1) is 3.57 Å². The van der Waals surface area contributed by atoms with Gasteiger partial charge in [0.25, 0.3) is 0 Å². The minimum Gasteiger partial charge on any atom is -0.496 e. The highest BCUT2D eigenvalue weighted by Crippen LogP contribution is 2.22. The number of halogens is 1. The first-order valence-electron chi connectivity index (χ1n) is 3.98.